The molecule has 3 heterocycles. The number of imidazole rings is 1. The second-order valence-corrected chi connectivity index (χ2v) is 10.7. The maximum Gasteiger partial charge on any atom is 0.333 e. The molecule has 0 atom stereocenters. The Balaban J connectivity index is 1.28. The summed E-state index contributed by atoms with van der Waals surface area (Å²) < 4.78 is 8.62. The SMILES string of the molecule is CNC(=O)c1ccc(-n2c(=O)n(CC3CCC(NC(=O)c4cc(Cl)cnc4CCOC)CC3)c3ccccc32)cn1. The van der Waals surface area contributed by atoms with Crippen molar-refractivity contribution in [1.82, 2.24) is 29.7 Å². The van der Waals surface area contributed by atoms with E-state index in [0.29, 0.717) is 47.5 Å². The monoisotopic (exact) mass is 576 g/mol. The average Bonchev–Trinajstić information content (AvgIpc) is 3.27. The zero-order chi connectivity index (χ0) is 28.9. The minimum Gasteiger partial charge on any atom is -0.384 e. The van der Waals surface area contributed by atoms with Crippen LogP contribution in [0.4, 0.5) is 0 Å². The number of halogens is 1. The molecule has 11 heteroatoms. The van der Waals surface area contributed by atoms with Gasteiger partial charge >= 0.3 is 5.69 Å². The standard InChI is InChI=1S/C30H33ClN6O4/c1-32-29(39)25-12-11-22(17-34-25)37-27-6-4-3-5-26(27)36(30(37)40)18-19-7-9-21(10-8-19)35-28(38)23-15-20(31)16-33-24(23)13-14-41-2/h3-6,11-12,15-17,19,21H,7-10,13-14,18H2,1-2H3,(H,32,39)(H,35,38). The number of fused-ring (bicyclic) bond motifs is 1. The van der Waals surface area contributed by atoms with E-state index in [1.807, 2.05) is 28.8 Å². The Morgan fingerprint density at radius 3 is 2.46 bits per heavy atom. The van der Waals surface area contributed by atoms with Crippen LogP contribution in [0.3, 0.4) is 0 Å². The van der Waals surface area contributed by atoms with Crippen LogP contribution >= 0.6 is 11.6 Å². The Morgan fingerprint density at radius 2 is 1.78 bits per heavy atom. The molecule has 41 heavy (non-hydrogen) atoms. The molecule has 10 nitrogen and oxygen atoms in total. The molecule has 0 radical (unpaired) electrons. The maximum absolute atomic E-state index is 13.7. The molecule has 0 bridgehead atoms. The molecule has 0 spiro atoms. The van der Waals surface area contributed by atoms with Crippen LogP contribution in [0.5, 0.6) is 0 Å². The highest BCUT2D eigenvalue weighted by molar-refractivity contribution is 6.30. The Morgan fingerprint density at radius 1 is 1.02 bits per heavy atom. The number of pyridine rings is 2. The van der Waals surface area contributed by atoms with Gasteiger partial charge in [0, 0.05) is 39.4 Å². The number of nitrogens with zero attached hydrogens (tertiary/aromatic N) is 4. The molecule has 1 fully saturated rings. The van der Waals surface area contributed by atoms with Gasteiger partial charge in [0.05, 0.1) is 45.8 Å². The number of carbonyl (C=O) groups is 2. The molecule has 1 saturated carbocycles. The summed E-state index contributed by atoms with van der Waals surface area (Å²) >= 11 is 6.13. The molecule has 0 saturated heterocycles. The van der Waals surface area contributed by atoms with E-state index in [-0.39, 0.29) is 29.2 Å². The number of hydrogen-bond donors (Lipinski definition) is 2. The highest BCUT2D eigenvalue weighted by Gasteiger charge is 2.26. The van der Waals surface area contributed by atoms with Gasteiger partial charge < -0.3 is 15.4 Å². The number of hydrogen-bond acceptors (Lipinski definition) is 6. The van der Waals surface area contributed by atoms with Crippen molar-refractivity contribution >= 4 is 34.4 Å². The Kier molecular flexibility index (Phi) is 8.80. The lowest BCUT2D eigenvalue weighted by Gasteiger charge is -2.29. The first-order valence-electron chi connectivity index (χ1n) is 13.7. The topological polar surface area (TPSA) is 120 Å². The zero-order valence-corrected chi connectivity index (χ0v) is 23.9. The third kappa shape index (κ3) is 6.18. The van der Waals surface area contributed by atoms with E-state index in [4.69, 9.17) is 16.3 Å². The van der Waals surface area contributed by atoms with Crippen molar-refractivity contribution in [1.29, 1.82) is 0 Å². The number of nitrogens with one attached hydrogen (secondary N) is 2. The normalized spacial score (nSPS) is 17.0. The maximum atomic E-state index is 13.7. The van der Waals surface area contributed by atoms with Crippen LogP contribution in [0.15, 0.2) is 59.7 Å². The van der Waals surface area contributed by atoms with Crippen LogP contribution in [-0.2, 0) is 17.7 Å². The van der Waals surface area contributed by atoms with Gasteiger partial charge in [-0.3, -0.25) is 23.7 Å². The van der Waals surface area contributed by atoms with Crippen molar-refractivity contribution < 1.29 is 14.3 Å². The number of carbonyl (C=O) groups excluding carboxylic acids is 2. The summed E-state index contributed by atoms with van der Waals surface area (Å²) in [6.45, 7) is 1.05. The molecule has 0 unspecified atom stereocenters. The zero-order valence-electron chi connectivity index (χ0n) is 23.1. The molecule has 214 valence electrons. The summed E-state index contributed by atoms with van der Waals surface area (Å²) in [7, 11) is 3.16. The molecule has 2 N–H and O–H groups in total. The Bertz CT molecular complexity index is 1610. The first-order valence-corrected chi connectivity index (χ1v) is 14.1. The van der Waals surface area contributed by atoms with Crippen LogP contribution in [0.2, 0.25) is 5.02 Å². The van der Waals surface area contributed by atoms with Crippen molar-refractivity contribution in [3.63, 3.8) is 0 Å². The predicted molar refractivity (Wildman–Crippen MR) is 157 cm³/mol. The molecule has 1 aliphatic carbocycles. The largest absolute Gasteiger partial charge is 0.384 e. The third-order valence-corrected chi connectivity index (χ3v) is 7.86. The van der Waals surface area contributed by atoms with Crippen molar-refractivity contribution in [3.8, 4) is 5.69 Å². The number of rotatable bonds is 9. The lowest BCUT2D eigenvalue weighted by atomic mass is 9.85. The van der Waals surface area contributed by atoms with Crippen LogP contribution in [0.25, 0.3) is 16.7 Å². The molecule has 4 aromatic rings. The molecule has 1 aliphatic rings. The fourth-order valence-corrected chi connectivity index (χ4v) is 5.65. The molecule has 2 amide bonds. The van der Waals surface area contributed by atoms with Crippen LogP contribution < -0.4 is 16.3 Å². The van der Waals surface area contributed by atoms with E-state index in [0.717, 1.165) is 36.7 Å². The van der Waals surface area contributed by atoms with Gasteiger partial charge in [0.2, 0.25) is 0 Å². The number of aromatic nitrogens is 4. The number of para-hydroxylation sites is 2. The van der Waals surface area contributed by atoms with E-state index in [2.05, 4.69) is 20.6 Å². The van der Waals surface area contributed by atoms with E-state index in [1.165, 1.54) is 0 Å². The predicted octanol–water partition coefficient (Wildman–Crippen LogP) is 3.77. The summed E-state index contributed by atoms with van der Waals surface area (Å²) in [6.07, 6.45) is 7.01. The smallest absolute Gasteiger partial charge is 0.333 e. The van der Waals surface area contributed by atoms with E-state index >= 15 is 0 Å². The number of benzene rings is 1. The van der Waals surface area contributed by atoms with Gasteiger partial charge in [-0.05, 0) is 61.9 Å². The van der Waals surface area contributed by atoms with Crippen molar-refractivity contribution in [3.05, 3.63) is 87.3 Å². The van der Waals surface area contributed by atoms with E-state index < -0.39 is 0 Å². The minimum absolute atomic E-state index is 0.0379. The lowest BCUT2D eigenvalue weighted by molar-refractivity contribution is 0.0917. The van der Waals surface area contributed by atoms with Crippen molar-refractivity contribution in [2.75, 3.05) is 20.8 Å². The summed E-state index contributed by atoms with van der Waals surface area (Å²) in [5, 5.41) is 6.13. The highest BCUT2D eigenvalue weighted by Crippen LogP contribution is 2.28. The van der Waals surface area contributed by atoms with Gasteiger partial charge in [-0.15, -0.1) is 0 Å². The Hall–Kier alpha value is -4.02. The van der Waals surface area contributed by atoms with E-state index in [1.54, 1.807) is 49.3 Å². The number of ether oxygens (including phenoxy) is 1. The molecule has 0 aliphatic heterocycles. The van der Waals surface area contributed by atoms with Gasteiger partial charge in [-0.2, -0.15) is 0 Å². The molecule has 3 aromatic heterocycles. The summed E-state index contributed by atoms with van der Waals surface area (Å²) in [5.74, 6) is -0.169. The quantitative estimate of drug-likeness (QED) is 0.313. The summed E-state index contributed by atoms with van der Waals surface area (Å²) in [4.78, 5) is 47.3. The van der Waals surface area contributed by atoms with Crippen LogP contribution in [0.1, 0.15) is 52.2 Å². The fraction of sp³-hybridized carbons (Fsp3) is 0.367. The fourth-order valence-electron chi connectivity index (χ4n) is 5.49. The van der Waals surface area contributed by atoms with Crippen LogP contribution in [-0.4, -0.2) is 57.7 Å². The first kappa shape index (κ1) is 28.5. The molecular weight excluding hydrogens is 544 g/mol. The van der Waals surface area contributed by atoms with Gasteiger partial charge in [-0.25, -0.2) is 9.78 Å². The van der Waals surface area contributed by atoms with Gasteiger partial charge in [0.15, 0.2) is 0 Å². The van der Waals surface area contributed by atoms with Crippen LogP contribution in [0, 0.1) is 5.92 Å². The third-order valence-electron chi connectivity index (χ3n) is 7.65. The highest BCUT2D eigenvalue weighted by atomic mass is 35.5. The molecular formula is C30H33ClN6O4. The lowest BCUT2D eigenvalue weighted by Crippen LogP contribution is -2.39. The first-order chi connectivity index (χ1) is 19.9. The Labute approximate surface area is 242 Å². The molecule has 1 aromatic carbocycles. The van der Waals surface area contributed by atoms with E-state index in [9.17, 15) is 14.4 Å². The van der Waals surface area contributed by atoms with Crippen molar-refractivity contribution in [2.45, 2.75) is 44.7 Å². The second-order valence-electron chi connectivity index (χ2n) is 10.3. The van der Waals surface area contributed by atoms with Crippen molar-refractivity contribution in [2.24, 2.45) is 5.92 Å². The van der Waals surface area contributed by atoms with Gasteiger partial charge in [0.25, 0.3) is 11.8 Å². The second kappa shape index (κ2) is 12.7. The number of methoxy groups -OCH3 is 1. The van der Waals surface area contributed by atoms with Gasteiger partial charge in [0.1, 0.15) is 5.69 Å². The summed E-state index contributed by atoms with van der Waals surface area (Å²) in [6, 6.07) is 12.7. The minimum atomic E-state index is -0.283. The molecule has 5 rings (SSSR count). The van der Waals surface area contributed by atoms with Gasteiger partial charge in [-0.1, -0.05) is 23.7 Å². The average molecular weight is 577 g/mol. The number of amides is 2. The summed E-state index contributed by atoms with van der Waals surface area (Å²) in [5.41, 5.74) is 3.52.